The molecular weight excluding hydrogens is 238 g/mol. The first kappa shape index (κ1) is 12.8. The van der Waals surface area contributed by atoms with Crippen LogP contribution in [-0.4, -0.2) is 10.2 Å². The van der Waals surface area contributed by atoms with Gasteiger partial charge in [0.05, 0.1) is 0 Å². The lowest BCUT2D eigenvalue weighted by Gasteiger charge is -2.16. The van der Waals surface area contributed by atoms with E-state index in [1.54, 1.807) is 12.1 Å². The molecule has 3 heteroatoms. The lowest BCUT2D eigenvalue weighted by Crippen LogP contribution is -2.06. The predicted molar refractivity (Wildman–Crippen MR) is 76.2 cm³/mol. The van der Waals surface area contributed by atoms with E-state index in [-0.39, 0.29) is 17.5 Å². The molecule has 0 radical (unpaired) electrons. The number of rotatable bonds is 3. The van der Waals surface area contributed by atoms with Gasteiger partial charge >= 0.3 is 0 Å². The highest BCUT2D eigenvalue weighted by Gasteiger charge is 2.08. The number of terminal acetylenes is 1. The zero-order valence-corrected chi connectivity index (χ0v) is 10.6. The third kappa shape index (κ3) is 3.20. The summed E-state index contributed by atoms with van der Waals surface area (Å²) in [6.45, 7) is 1.94. The minimum absolute atomic E-state index is 0.0426. The lowest BCUT2D eigenvalue weighted by atomic mass is 10.1. The molecule has 0 saturated carbocycles. The highest BCUT2D eigenvalue weighted by molar-refractivity contribution is 5.52. The predicted octanol–water partition coefficient (Wildman–Crippen LogP) is 3.25. The van der Waals surface area contributed by atoms with Crippen LogP contribution in [0.4, 0.5) is 5.69 Å². The van der Waals surface area contributed by atoms with Gasteiger partial charge in [0, 0.05) is 23.4 Å². The van der Waals surface area contributed by atoms with Crippen molar-refractivity contribution in [3.8, 4) is 23.8 Å². The van der Waals surface area contributed by atoms with Crippen LogP contribution in [0.5, 0.6) is 11.5 Å². The maximum absolute atomic E-state index is 9.48. The lowest BCUT2D eigenvalue weighted by molar-refractivity contribution is 0.448. The number of phenols is 2. The Morgan fingerprint density at radius 3 is 2.42 bits per heavy atom. The Morgan fingerprint density at radius 2 is 1.79 bits per heavy atom. The largest absolute Gasteiger partial charge is 0.508 e. The van der Waals surface area contributed by atoms with E-state index >= 15 is 0 Å². The fourth-order valence-electron chi connectivity index (χ4n) is 1.90. The summed E-state index contributed by atoms with van der Waals surface area (Å²) in [7, 11) is 0. The van der Waals surface area contributed by atoms with Crippen molar-refractivity contribution in [3.05, 3.63) is 53.6 Å². The Bertz CT molecular complexity index is 609. The molecule has 3 nitrogen and oxygen atoms in total. The van der Waals surface area contributed by atoms with E-state index in [1.807, 2.05) is 31.2 Å². The fraction of sp³-hybridized carbons (Fsp3) is 0.125. The van der Waals surface area contributed by atoms with Crippen molar-refractivity contribution in [1.82, 2.24) is 0 Å². The summed E-state index contributed by atoms with van der Waals surface area (Å²) in [4.78, 5) is 0. The highest BCUT2D eigenvalue weighted by atomic mass is 16.3. The normalized spacial score (nSPS) is 11.6. The molecule has 1 unspecified atom stereocenters. The number of anilines is 1. The van der Waals surface area contributed by atoms with E-state index in [2.05, 4.69) is 11.2 Å². The number of aromatic hydroxyl groups is 2. The van der Waals surface area contributed by atoms with Crippen LogP contribution in [0.2, 0.25) is 0 Å². The molecule has 1 atom stereocenters. The third-order valence-corrected chi connectivity index (χ3v) is 2.84. The van der Waals surface area contributed by atoms with Gasteiger partial charge in [0.2, 0.25) is 0 Å². The van der Waals surface area contributed by atoms with Crippen LogP contribution in [0.15, 0.2) is 42.5 Å². The second-order valence-corrected chi connectivity index (χ2v) is 4.37. The summed E-state index contributed by atoms with van der Waals surface area (Å²) in [5, 5.41) is 22.2. The van der Waals surface area contributed by atoms with Crippen LogP contribution in [-0.2, 0) is 0 Å². The average Bonchev–Trinajstić information content (AvgIpc) is 2.37. The molecule has 0 amide bonds. The molecule has 3 N–H and O–H groups in total. The van der Waals surface area contributed by atoms with Crippen LogP contribution in [0.3, 0.4) is 0 Å². The molecule has 0 aliphatic carbocycles. The average molecular weight is 253 g/mol. The van der Waals surface area contributed by atoms with Crippen molar-refractivity contribution in [1.29, 1.82) is 0 Å². The maximum atomic E-state index is 9.48. The van der Waals surface area contributed by atoms with Crippen LogP contribution >= 0.6 is 0 Å². The van der Waals surface area contributed by atoms with Gasteiger partial charge in [-0.3, -0.25) is 0 Å². The minimum atomic E-state index is -0.0639. The zero-order valence-electron chi connectivity index (χ0n) is 10.6. The molecule has 96 valence electrons. The minimum Gasteiger partial charge on any atom is -0.508 e. The molecule has 19 heavy (non-hydrogen) atoms. The van der Waals surface area contributed by atoms with Crippen LogP contribution < -0.4 is 5.32 Å². The van der Waals surface area contributed by atoms with Crippen LogP contribution in [0.1, 0.15) is 24.1 Å². The Kier molecular flexibility index (Phi) is 3.63. The molecular formula is C16H15NO2. The van der Waals surface area contributed by atoms with Gasteiger partial charge in [0.15, 0.2) is 0 Å². The summed E-state index contributed by atoms with van der Waals surface area (Å²) in [6, 6.07) is 12.0. The highest BCUT2D eigenvalue weighted by Crippen LogP contribution is 2.27. The van der Waals surface area contributed by atoms with Crippen LogP contribution in [0.25, 0.3) is 0 Å². The van der Waals surface area contributed by atoms with E-state index in [0.717, 1.165) is 16.8 Å². The summed E-state index contributed by atoms with van der Waals surface area (Å²) < 4.78 is 0. The second kappa shape index (κ2) is 5.36. The Labute approximate surface area is 112 Å². The van der Waals surface area contributed by atoms with Gasteiger partial charge < -0.3 is 15.5 Å². The molecule has 2 aromatic rings. The van der Waals surface area contributed by atoms with E-state index in [0.29, 0.717) is 0 Å². The zero-order chi connectivity index (χ0) is 13.8. The molecule has 0 saturated heterocycles. The first-order valence-corrected chi connectivity index (χ1v) is 5.94. The van der Waals surface area contributed by atoms with Crippen molar-refractivity contribution in [2.45, 2.75) is 13.0 Å². The van der Waals surface area contributed by atoms with Gasteiger partial charge in [0.25, 0.3) is 0 Å². The van der Waals surface area contributed by atoms with E-state index < -0.39 is 0 Å². The molecule has 0 aliphatic heterocycles. The first-order chi connectivity index (χ1) is 9.08. The maximum Gasteiger partial charge on any atom is 0.119 e. The fourth-order valence-corrected chi connectivity index (χ4v) is 1.90. The van der Waals surface area contributed by atoms with E-state index in [9.17, 15) is 10.2 Å². The molecule has 0 fully saturated rings. The van der Waals surface area contributed by atoms with Crippen molar-refractivity contribution in [3.63, 3.8) is 0 Å². The number of hydrogen-bond donors (Lipinski definition) is 3. The third-order valence-electron chi connectivity index (χ3n) is 2.84. The van der Waals surface area contributed by atoms with Gasteiger partial charge in [-0.2, -0.15) is 0 Å². The van der Waals surface area contributed by atoms with Crippen LogP contribution in [0, 0.1) is 12.3 Å². The summed E-state index contributed by atoms with van der Waals surface area (Å²) in [5.74, 6) is 2.66. The number of phenolic OH excluding ortho intramolecular Hbond substituents is 2. The van der Waals surface area contributed by atoms with Gasteiger partial charge in [-0.05, 0) is 42.8 Å². The number of benzene rings is 2. The molecule has 2 rings (SSSR count). The van der Waals surface area contributed by atoms with E-state index in [4.69, 9.17) is 6.42 Å². The van der Waals surface area contributed by atoms with Crippen molar-refractivity contribution < 1.29 is 10.2 Å². The van der Waals surface area contributed by atoms with Crippen molar-refractivity contribution in [2.24, 2.45) is 0 Å². The van der Waals surface area contributed by atoms with Gasteiger partial charge in [-0.1, -0.05) is 12.0 Å². The Morgan fingerprint density at radius 1 is 1.11 bits per heavy atom. The summed E-state index contributed by atoms with van der Waals surface area (Å²) in [5.41, 5.74) is 2.49. The number of hydrogen-bond acceptors (Lipinski definition) is 3. The monoisotopic (exact) mass is 253 g/mol. The smallest absolute Gasteiger partial charge is 0.119 e. The summed E-state index contributed by atoms with van der Waals surface area (Å²) in [6.07, 6.45) is 5.36. The molecule has 0 spiro atoms. The SMILES string of the molecule is C#Cc1cccc(NC(C)c2cc(O)cc(O)c2)c1. The molecule has 0 aliphatic rings. The Hall–Kier alpha value is -2.60. The topological polar surface area (TPSA) is 52.5 Å². The second-order valence-electron chi connectivity index (χ2n) is 4.37. The molecule has 0 heterocycles. The first-order valence-electron chi connectivity index (χ1n) is 5.94. The van der Waals surface area contributed by atoms with Crippen molar-refractivity contribution >= 4 is 5.69 Å². The molecule has 0 bridgehead atoms. The van der Waals surface area contributed by atoms with Crippen molar-refractivity contribution in [2.75, 3.05) is 5.32 Å². The van der Waals surface area contributed by atoms with E-state index in [1.165, 1.54) is 6.07 Å². The molecule has 0 aromatic heterocycles. The van der Waals surface area contributed by atoms with Gasteiger partial charge in [-0.15, -0.1) is 6.42 Å². The Balaban J connectivity index is 2.20. The standard InChI is InChI=1S/C16H15NO2/c1-3-12-5-4-6-14(7-12)17-11(2)13-8-15(18)10-16(19)9-13/h1,4-11,17-19H,2H3. The van der Waals surface area contributed by atoms with Gasteiger partial charge in [0.1, 0.15) is 11.5 Å². The molecule has 2 aromatic carbocycles. The summed E-state index contributed by atoms with van der Waals surface area (Å²) >= 11 is 0. The quantitative estimate of drug-likeness (QED) is 0.736. The van der Waals surface area contributed by atoms with Gasteiger partial charge in [-0.25, -0.2) is 0 Å². The number of nitrogens with one attached hydrogen (secondary N) is 1.